The van der Waals surface area contributed by atoms with Gasteiger partial charge in [-0.2, -0.15) is 0 Å². The second-order valence-electron chi connectivity index (χ2n) is 4.90. The van der Waals surface area contributed by atoms with Crippen molar-refractivity contribution in [2.75, 3.05) is 11.9 Å². The summed E-state index contributed by atoms with van der Waals surface area (Å²) in [5.74, 6) is -0.311. The number of anilines is 1. The summed E-state index contributed by atoms with van der Waals surface area (Å²) >= 11 is 0. The fourth-order valence-electron chi connectivity index (χ4n) is 2.13. The van der Waals surface area contributed by atoms with Crippen LogP contribution in [-0.2, 0) is 16.0 Å². The molecule has 0 atom stereocenters. The van der Waals surface area contributed by atoms with Crippen molar-refractivity contribution in [3.05, 3.63) is 78.0 Å². The predicted octanol–water partition coefficient (Wildman–Crippen LogP) is 4.18. The van der Waals surface area contributed by atoms with Crippen LogP contribution in [0.25, 0.3) is 0 Å². The van der Waals surface area contributed by atoms with Crippen LogP contribution >= 0.6 is 0 Å². The average molecular weight is 295 g/mol. The van der Waals surface area contributed by atoms with Crippen molar-refractivity contribution in [3.63, 3.8) is 0 Å². The molecule has 0 spiro atoms. The lowest BCUT2D eigenvalue weighted by molar-refractivity contribution is -0.137. The maximum atomic E-state index is 11.7. The first-order chi connectivity index (χ1) is 10.8. The molecule has 2 rings (SSSR count). The zero-order chi connectivity index (χ0) is 15.6. The molecule has 3 nitrogen and oxygen atoms in total. The summed E-state index contributed by atoms with van der Waals surface area (Å²) in [5, 5.41) is 3.30. The summed E-state index contributed by atoms with van der Waals surface area (Å²) in [6.07, 6.45) is 3.16. The Kier molecular flexibility index (Phi) is 6.24. The summed E-state index contributed by atoms with van der Waals surface area (Å²) in [7, 11) is 0. The Labute approximate surface area is 131 Å². The zero-order valence-corrected chi connectivity index (χ0v) is 12.8. The first-order valence-electron chi connectivity index (χ1n) is 7.51. The summed E-state index contributed by atoms with van der Waals surface area (Å²) < 4.78 is 5.01. The van der Waals surface area contributed by atoms with Gasteiger partial charge in [0.05, 0.1) is 6.61 Å². The van der Waals surface area contributed by atoms with E-state index in [1.807, 2.05) is 48.5 Å². The Balaban J connectivity index is 2.05. The summed E-state index contributed by atoms with van der Waals surface area (Å²) in [6, 6.07) is 20.1. The molecule has 0 radical (unpaired) electrons. The predicted molar refractivity (Wildman–Crippen MR) is 89.5 cm³/mol. The molecule has 3 heteroatoms. The van der Waals surface area contributed by atoms with E-state index in [1.165, 1.54) is 5.56 Å². The van der Waals surface area contributed by atoms with Crippen LogP contribution in [0.15, 0.2) is 72.4 Å². The number of hydrogen-bond donors (Lipinski definition) is 1. The molecule has 0 aliphatic heterocycles. The molecule has 0 saturated carbocycles. The van der Waals surface area contributed by atoms with E-state index in [4.69, 9.17) is 4.74 Å². The van der Waals surface area contributed by atoms with E-state index in [2.05, 4.69) is 17.4 Å². The summed E-state index contributed by atoms with van der Waals surface area (Å²) in [6.45, 7) is 2.19. The fourth-order valence-corrected chi connectivity index (χ4v) is 2.13. The molecule has 2 aromatic carbocycles. The zero-order valence-electron chi connectivity index (χ0n) is 12.8. The third kappa shape index (κ3) is 5.44. The van der Waals surface area contributed by atoms with Crippen LogP contribution in [0.1, 0.15) is 18.9 Å². The fraction of sp³-hybridized carbons (Fsp3) is 0.211. The van der Waals surface area contributed by atoms with Gasteiger partial charge in [-0.15, -0.1) is 0 Å². The molecule has 0 fully saturated rings. The van der Waals surface area contributed by atoms with Crippen LogP contribution in [0, 0.1) is 0 Å². The molecule has 0 aromatic heterocycles. The molecular formula is C19H21NO2. The molecule has 0 aliphatic carbocycles. The second-order valence-corrected chi connectivity index (χ2v) is 4.90. The van der Waals surface area contributed by atoms with Gasteiger partial charge in [-0.3, -0.25) is 0 Å². The first kappa shape index (κ1) is 15.8. The molecule has 22 heavy (non-hydrogen) atoms. The topological polar surface area (TPSA) is 38.3 Å². The van der Waals surface area contributed by atoms with Crippen molar-refractivity contribution >= 4 is 11.7 Å². The molecule has 0 aliphatic rings. The number of hydrogen-bond acceptors (Lipinski definition) is 3. The first-order valence-corrected chi connectivity index (χ1v) is 7.51. The molecule has 0 saturated heterocycles. The number of benzene rings is 2. The number of nitrogens with one attached hydrogen (secondary N) is 1. The Morgan fingerprint density at radius 3 is 2.32 bits per heavy atom. The highest BCUT2D eigenvalue weighted by atomic mass is 16.5. The van der Waals surface area contributed by atoms with Crippen molar-refractivity contribution in [2.45, 2.75) is 19.8 Å². The minimum absolute atomic E-state index is 0.311. The van der Waals surface area contributed by atoms with Crippen molar-refractivity contribution in [2.24, 2.45) is 0 Å². The van der Waals surface area contributed by atoms with Crippen LogP contribution in [0.3, 0.4) is 0 Å². The van der Waals surface area contributed by atoms with Gasteiger partial charge in [-0.1, -0.05) is 48.5 Å². The molecule has 0 bridgehead atoms. The quantitative estimate of drug-likeness (QED) is 0.615. The van der Waals surface area contributed by atoms with E-state index in [0.29, 0.717) is 6.61 Å². The van der Waals surface area contributed by atoms with Crippen LogP contribution in [0.4, 0.5) is 5.69 Å². The largest absolute Gasteiger partial charge is 0.463 e. The number of allylic oxidation sites excluding steroid dienone is 1. The lowest BCUT2D eigenvalue weighted by atomic mass is 10.1. The van der Waals surface area contributed by atoms with Crippen LogP contribution in [0.2, 0.25) is 0 Å². The molecule has 0 heterocycles. The summed E-state index contributed by atoms with van der Waals surface area (Å²) in [4.78, 5) is 11.7. The van der Waals surface area contributed by atoms with Gasteiger partial charge >= 0.3 is 5.97 Å². The standard InChI is InChI=1S/C19H21NO2/c1-2-22-19(21)15-18(20-17-11-7-4-8-12-17)14-13-16-9-5-3-6-10-16/h3-12,15,20H,2,13-14H2,1H3. The lowest BCUT2D eigenvalue weighted by Gasteiger charge is -2.11. The van der Waals surface area contributed by atoms with Crippen LogP contribution in [0.5, 0.6) is 0 Å². The second kappa shape index (κ2) is 8.67. The van der Waals surface area contributed by atoms with Crippen molar-refractivity contribution in [3.8, 4) is 0 Å². The van der Waals surface area contributed by atoms with Gasteiger partial charge in [0.2, 0.25) is 0 Å². The number of ether oxygens (including phenoxy) is 1. The summed E-state index contributed by atoms with van der Waals surface area (Å²) in [5.41, 5.74) is 3.06. The smallest absolute Gasteiger partial charge is 0.332 e. The number of para-hydroxylation sites is 1. The Morgan fingerprint density at radius 2 is 1.68 bits per heavy atom. The van der Waals surface area contributed by atoms with Crippen LogP contribution < -0.4 is 5.32 Å². The van der Waals surface area contributed by atoms with Crippen molar-refractivity contribution in [1.82, 2.24) is 0 Å². The lowest BCUT2D eigenvalue weighted by Crippen LogP contribution is -2.07. The van der Waals surface area contributed by atoms with Crippen molar-refractivity contribution in [1.29, 1.82) is 0 Å². The normalized spacial score (nSPS) is 11.0. The number of carbonyl (C=O) groups is 1. The van der Waals surface area contributed by atoms with E-state index < -0.39 is 0 Å². The minimum Gasteiger partial charge on any atom is -0.463 e. The SMILES string of the molecule is CCOC(=O)C=C(CCc1ccccc1)Nc1ccccc1. The number of rotatable bonds is 7. The maximum absolute atomic E-state index is 11.7. The van der Waals surface area contributed by atoms with Gasteiger partial charge in [0.15, 0.2) is 0 Å². The van der Waals surface area contributed by atoms with E-state index >= 15 is 0 Å². The third-order valence-electron chi connectivity index (χ3n) is 3.18. The van der Waals surface area contributed by atoms with E-state index in [9.17, 15) is 4.79 Å². The molecule has 114 valence electrons. The van der Waals surface area contributed by atoms with Crippen molar-refractivity contribution < 1.29 is 9.53 Å². The van der Waals surface area contributed by atoms with Gasteiger partial charge in [0.25, 0.3) is 0 Å². The molecule has 0 amide bonds. The third-order valence-corrected chi connectivity index (χ3v) is 3.18. The highest BCUT2D eigenvalue weighted by Gasteiger charge is 2.04. The van der Waals surface area contributed by atoms with E-state index in [1.54, 1.807) is 13.0 Å². The van der Waals surface area contributed by atoms with Gasteiger partial charge in [-0.05, 0) is 37.5 Å². The van der Waals surface area contributed by atoms with Gasteiger partial charge in [0, 0.05) is 17.5 Å². The number of carbonyl (C=O) groups excluding carboxylic acids is 1. The number of esters is 1. The van der Waals surface area contributed by atoms with Gasteiger partial charge < -0.3 is 10.1 Å². The maximum Gasteiger partial charge on any atom is 0.332 e. The highest BCUT2D eigenvalue weighted by Crippen LogP contribution is 2.14. The molecular weight excluding hydrogens is 274 g/mol. The molecule has 2 aromatic rings. The van der Waals surface area contributed by atoms with E-state index in [-0.39, 0.29) is 5.97 Å². The van der Waals surface area contributed by atoms with Gasteiger partial charge in [0.1, 0.15) is 0 Å². The minimum atomic E-state index is -0.311. The van der Waals surface area contributed by atoms with Gasteiger partial charge in [-0.25, -0.2) is 4.79 Å². The highest BCUT2D eigenvalue weighted by molar-refractivity contribution is 5.83. The van der Waals surface area contributed by atoms with E-state index in [0.717, 1.165) is 24.2 Å². The Hall–Kier alpha value is -2.55. The monoisotopic (exact) mass is 295 g/mol. The molecule has 1 N–H and O–H groups in total. The Morgan fingerprint density at radius 1 is 1.05 bits per heavy atom. The van der Waals surface area contributed by atoms with Crippen LogP contribution in [-0.4, -0.2) is 12.6 Å². The number of aryl methyl sites for hydroxylation is 1. The molecule has 0 unspecified atom stereocenters. The Bertz CT molecular complexity index is 606. The average Bonchev–Trinajstić information content (AvgIpc) is 2.55.